The van der Waals surface area contributed by atoms with Gasteiger partial charge in [-0.1, -0.05) is 0 Å². The Balaban J connectivity index is 2.00. The summed E-state index contributed by atoms with van der Waals surface area (Å²) >= 11 is 0. The zero-order valence-electron chi connectivity index (χ0n) is 10.8. The van der Waals surface area contributed by atoms with Gasteiger partial charge >= 0.3 is 5.97 Å². The third-order valence-electron chi connectivity index (χ3n) is 3.06. The lowest BCUT2D eigenvalue weighted by atomic mass is 10.2. The van der Waals surface area contributed by atoms with Gasteiger partial charge in [0.25, 0.3) is 5.91 Å². The molecule has 1 aliphatic heterocycles. The molecule has 1 aromatic rings. The number of nitrogens with zero attached hydrogens (tertiary/aromatic N) is 2. The van der Waals surface area contributed by atoms with Gasteiger partial charge in [-0.05, 0) is 13.0 Å². The lowest BCUT2D eigenvalue weighted by Gasteiger charge is -2.27. The van der Waals surface area contributed by atoms with Crippen molar-refractivity contribution in [2.75, 3.05) is 19.7 Å². The minimum Gasteiger partial charge on any atom is -0.466 e. The first-order chi connectivity index (χ1) is 9.15. The molecule has 0 N–H and O–H groups in total. The number of fused-ring (bicyclic) bond motifs is 1. The van der Waals surface area contributed by atoms with Crippen molar-refractivity contribution in [3.8, 4) is 0 Å². The molecule has 1 aliphatic rings. The average Bonchev–Trinajstić information content (AvgIpc) is 2.82. The summed E-state index contributed by atoms with van der Waals surface area (Å²) in [6.07, 6.45) is 2.59. The Morgan fingerprint density at radius 1 is 1.47 bits per heavy atom. The summed E-state index contributed by atoms with van der Waals surface area (Å²) in [5.74, 6) is -0.450. The van der Waals surface area contributed by atoms with Crippen LogP contribution >= 0.6 is 0 Å². The van der Waals surface area contributed by atoms with Crippen LogP contribution in [0.1, 0.15) is 34.2 Å². The number of aldehydes is 1. The Morgan fingerprint density at radius 2 is 2.26 bits per heavy atom. The second-order valence-electron chi connectivity index (χ2n) is 4.32. The van der Waals surface area contributed by atoms with Crippen LogP contribution in [-0.4, -0.2) is 47.3 Å². The molecule has 0 saturated carbocycles. The molecule has 0 unspecified atom stereocenters. The predicted octanol–water partition coefficient (Wildman–Crippen LogP) is 0.710. The van der Waals surface area contributed by atoms with Crippen LogP contribution in [0.25, 0.3) is 0 Å². The highest BCUT2D eigenvalue weighted by Crippen LogP contribution is 2.15. The summed E-state index contributed by atoms with van der Waals surface area (Å²) in [6, 6.07) is 1.58. The maximum absolute atomic E-state index is 12.2. The van der Waals surface area contributed by atoms with Crippen molar-refractivity contribution in [3.05, 3.63) is 23.5 Å². The van der Waals surface area contributed by atoms with E-state index >= 15 is 0 Å². The molecule has 1 aromatic heterocycles. The SMILES string of the molecule is CCOC(=O)CCN1CCn2cc(C=O)cc2C1=O. The number of hydrogen-bond acceptors (Lipinski definition) is 4. The van der Waals surface area contributed by atoms with E-state index in [-0.39, 0.29) is 18.3 Å². The number of hydrogen-bond donors (Lipinski definition) is 0. The van der Waals surface area contributed by atoms with Crippen LogP contribution in [0.15, 0.2) is 12.3 Å². The first-order valence-corrected chi connectivity index (χ1v) is 6.26. The van der Waals surface area contributed by atoms with Gasteiger partial charge in [0, 0.05) is 31.4 Å². The third-order valence-corrected chi connectivity index (χ3v) is 3.06. The van der Waals surface area contributed by atoms with Gasteiger partial charge in [0.05, 0.1) is 13.0 Å². The van der Waals surface area contributed by atoms with E-state index in [0.29, 0.717) is 37.5 Å². The number of rotatable bonds is 5. The van der Waals surface area contributed by atoms with Gasteiger partial charge in [0.1, 0.15) is 5.69 Å². The summed E-state index contributed by atoms with van der Waals surface area (Å²) in [4.78, 5) is 35.7. The summed E-state index contributed by atoms with van der Waals surface area (Å²) in [6.45, 7) is 3.62. The number of esters is 1. The molecule has 19 heavy (non-hydrogen) atoms. The molecule has 6 nitrogen and oxygen atoms in total. The quantitative estimate of drug-likeness (QED) is 0.580. The number of amides is 1. The van der Waals surface area contributed by atoms with Gasteiger partial charge < -0.3 is 14.2 Å². The third kappa shape index (κ3) is 2.83. The number of ether oxygens (including phenoxy) is 1. The molecule has 0 bridgehead atoms. The van der Waals surface area contributed by atoms with Gasteiger partial charge in [-0.25, -0.2) is 0 Å². The molecule has 0 saturated heterocycles. The fourth-order valence-corrected chi connectivity index (χ4v) is 2.13. The van der Waals surface area contributed by atoms with Crippen LogP contribution in [0.2, 0.25) is 0 Å². The Hall–Kier alpha value is -2.11. The van der Waals surface area contributed by atoms with E-state index in [0.717, 1.165) is 6.29 Å². The van der Waals surface area contributed by atoms with Crippen molar-refractivity contribution in [2.24, 2.45) is 0 Å². The Kier molecular flexibility index (Phi) is 3.99. The highest BCUT2D eigenvalue weighted by molar-refractivity contribution is 5.95. The normalized spacial score (nSPS) is 14.2. The molecule has 2 heterocycles. The first kappa shape index (κ1) is 13.3. The topological polar surface area (TPSA) is 68.6 Å². The van der Waals surface area contributed by atoms with Gasteiger partial charge in [-0.2, -0.15) is 0 Å². The largest absolute Gasteiger partial charge is 0.466 e. The first-order valence-electron chi connectivity index (χ1n) is 6.26. The highest BCUT2D eigenvalue weighted by atomic mass is 16.5. The van der Waals surface area contributed by atoms with Crippen molar-refractivity contribution in [2.45, 2.75) is 19.9 Å². The maximum atomic E-state index is 12.2. The highest BCUT2D eigenvalue weighted by Gasteiger charge is 2.25. The van der Waals surface area contributed by atoms with E-state index < -0.39 is 0 Å². The van der Waals surface area contributed by atoms with Crippen LogP contribution < -0.4 is 0 Å². The number of carbonyl (C=O) groups excluding carboxylic acids is 3. The summed E-state index contributed by atoms with van der Waals surface area (Å²) in [5.41, 5.74) is 0.993. The minimum absolute atomic E-state index is 0.149. The molecule has 0 fully saturated rings. The van der Waals surface area contributed by atoms with Crippen molar-refractivity contribution in [1.82, 2.24) is 9.47 Å². The second-order valence-corrected chi connectivity index (χ2v) is 4.32. The Bertz CT molecular complexity index is 507. The van der Waals surface area contributed by atoms with Crippen LogP contribution in [0.3, 0.4) is 0 Å². The van der Waals surface area contributed by atoms with E-state index in [1.165, 1.54) is 0 Å². The molecule has 0 atom stereocenters. The van der Waals surface area contributed by atoms with E-state index in [4.69, 9.17) is 4.74 Å². The fraction of sp³-hybridized carbons (Fsp3) is 0.462. The predicted molar refractivity (Wildman–Crippen MR) is 67.0 cm³/mol. The van der Waals surface area contributed by atoms with E-state index in [1.807, 2.05) is 0 Å². The van der Waals surface area contributed by atoms with Crippen LogP contribution in [0, 0.1) is 0 Å². The van der Waals surface area contributed by atoms with Gasteiger partial charge in [-0.3, -0.25) is 14.4 Å². The van der Waals surface area contributed by atoms with E-state index in [2.05, 4.69) is 0 Å². The molecule has 1 amide bonds. The summed E-state index contributed by atoms with van der Waals surface area (Å²) in [5, 5.41) is 0. The fourth-order valence-electron chi connectivity index (χ4n) is 2.13. The van der Waals surface area contributed by atoms with Gasteiger partial charge in [0.2, 0.25) is 0 Å². The maximum Gasteiger partial charge on any atom is 0.307 e. The van der Waals surface area contributed by atoms with Crippen LogP contribution in [-0.2, 0) is 16.1 Å². The van der Waals surface area contributed by atoms with Crippen molar-refractivity contribution < 1.29 is 19.1 Å². The van der Waals surface area contributed by atoms with Gasteiger partial charge in [0.15, 0.2) is 6.29 Å². The van der Waals surface area contributed by atoms with E-state index in [9.17, 15) is 14.4 Å². The molecular weight excluding hydrogens is 248 g/mol. The number of aromatic nitrogens is 1. The van der Waals surface area contributed by atoms with Crippen LogP contribution in [0.4, 0.5) is 0 Å². The summed E-state index contributed by atoms with van der Waals surface area (Å²) < 4.78 is 6.60. The summed E-state index contributed by atoms with van der Waals surface area (Å²) in [7, 11) is 0. The molecule has 0 spiro atoms. The lowest BCUT2D eigenvalue weighted by molar-refractivity contribution is -0.143. The monoisotopic (exact) mass is 264 g/mol. The Morgan fingerprint density at radius 3 is 2.95 bits per heavy atom. The second kappa shape index (κ2) is 5.69. The van der Waals surface area contributed by atoms with Crippen molar-refractivity contribution in [3.63, 3.8) is 0 Å². The molecule has 2 rings (SSSR count). The van der Waals surface area contributed by atoms with Crippen molar-refractivity contribution >= 4 is 18.2 Å². The zero-order chi connectivity index (χ0) is 13.8. The smallest absolute Gasteiger partial charge is 0.307 e. The van der Waals surface area contributed by atoms with E-state index in [1.54, 1.807) is 28.7 Å². The Labute approximate surface area is 110 Å². The lowest BCUT2D eigenvalue weighted by Crippen LogP contribution is -2.41. The molecule has 0 radical (unpaired) electrons. The van der Waals surface area contributed by atoms with Crippen molar-refractivity contribution in [1.29, 1.82) is 0 Å². The standard InChI is InChI=1S/C13H16N2O4/c1-2-19-12(17)3-4-14-5-6-15-8-10(9-16)7-11(15)13(14)18/h7-9H,2-6H2,1H3. The molecule has 0 aromatic carbocycles. The van der Waals surface area contributed by atoms with Gasteiger partial charge in [-0.15, -0.1) is 0 Å². The molecule has 0 aliphatic carbocycles. The average molecular weight is 264 g/mol. The number of carbonyl (C=O) groups is 3. The van der Waals surface area contributed by atoms with Crippen LogP contribution in [0.5, 0.6) is 0 Å². The zero-order valence-corrected chi connectivity index (χ0v) is 10.8. The molecule has 6 heteroatoms. The molecule has 102 valence electrons. The minimum atomic E-state index is -0.301. The molecular formula is C13H16N2O4.